The van der Waals surface area contributed by atoms with Gasteiger partial charge in [0.05, 0.1) is 24.6 Å². The number of amides is 2. The van der Waals surface area contributed by atoms with Gasteiger partial charge in [-0.3, -0.25) is 0 Å². The third-order valence-corrected chi connectivity index (χ3v) is 6.93. The number of urea groups is 1. The second kappa shape index (κ2) is 13.9. The maximum Gasteiger partial charge on any atom is 0.314 e. The monoisotopic (exact) mass is 526 g/mol. The van der Waals surface area contributed by atoms with Gasteiger partial charge in [0.2, 0.25) is 0 Å². The number of carbonyl (C=O) groups is 1. The van der Waals surface area contributed by atoms with Crippen molar-refractivity contribution >= 4 is 28.7 Å². The first kappa shape index (κ1) is 26.8. The number of morpholine rings is 1. The normalized spacial score (nSPS) is 14.1. The van der Waals surface area contributed by atoms with Crippen molar-refractivity contribution in [2.75, 3.05) is 57.4 Å². The molecule has 0 bridgehead atoms. The second-order valence-corrected chi connectivity index (χ2v) is 9.52. The molecular weight excluding hydrogens is 491 g/mol. The van der Waals surface area contributed by atoms with Crippen LogP contribution in [0.1, 0.15) is 13.3 Å². The van der Waals surface area contributed by atoms with Gasteiger partial charge in [0.25, 0.3) is 0 Å². The van der Waals surface area contributed by atoms with E-state index in [1.54, 1.807) is 23.5 Å². The Kier molecular flexibility index (Phi) is 10.1. The van der Waals surface area contributed by atoms with E-state index in [0.29, 0.717) is 25.3 Å². The number of rotatable bonds is 11. The standard InChI is InChI=1S/C27H35FN6O2S/c1-2-29-13-14-31-26(35)30-12-3-15-34-25(20-37-27(34)32-23-8-6-22(28)7-9-23)21-4-10-24(11-5-21)33-16-18-36-19-17-33/h4-11,20,29H,2-3,12-19H2,1H3,(H2,30,31,35). The molecule has 0 atom stereocenters. The van der Waals surface area contributed by atoms with Crippen LogP contribution in [0.2, 0.25) is 0 Å². The molecule has 1 aliphatic heterocycles. The van der Waals surface area contributed by atoms with E-state index in [4.69, 9.17) is 9.73 Å². The van der Waals surface area contributed by atoms with Crippen molar-refractivity contribution < 1.29 is 13.9 Å². The number of benzene rings is 2. The number of hydrogen-bond donors (Lipinski definition) is 3. The Morgan fingerprint density at radius 2 is 1.76 bits per heavy atom. The van der Waals surface area contributed by atoms with Crippen LogP contribution in [0.3, 0.4) is 0 Å². The van der Waals surface area contributed by atoms with Gasteiger partial charge in [-0.25, -0.2) is 14.2 Å². The zero-order valence-electron chi connectivity index (χ0n) is 21.2. The fraction of sp³-hybridized carbons (Fsp3) is 0.407. The average Bonchev–Trinajstić information content (AvgIpc) is 3.33. The first-order chi connectivity index (χ1) is 18.1. The van der Waals surface area contributed by atoms with Crippen molar-refractivity contribution in [1.29, 1.82) is 0 Å². The minimum Gasteiger partial charge on any atom is -0.378 e. The zero-order valence-corrected chi connectivity index (χ0v) is 22.0. The molecule has 1 saturated heterocycles. The largest absolute Gasteiger partial charge is 0.378 e. The number of aromatic nitrogens is 1. The lowest BCUT2D eigenvalue weighted by atomic mass is 10.1. The van der Waals surface area contributed by atoms with Crippen LogP contribution in [0, 0.1) is 5.82 Å². The van der Waals surface area contributed by atoms with Crippen LogP contribution in [0.4, 0.5) is 20.6 Å². The molecule has 4 rings (SSSR count). The lowest BCUT2D eigenvalue weighted by molar-refractivity contribution is 0.122. The van der Waals surface area contributed by atoms with Crippen molar-refractivity contribution in [3.63, 3.8) is 0 Å². The number of hydrogen-bond acceptors (Lipinski definition) is 6. The first-order valence-corrected chi connectivity index (χ1v) is 13.7. The Bertz CT molecular complexity index is 1190. The predicted molar refractivity (Wildman–Crippen MR) is 147 cm³/mol. The van der Waals surface area contributed by atoms with Gasteiger partial charge in [0.15, 0.2) is 4.80 Å². The molecule has 1 aliphatic rings. The summed E-state index contributed by atoms with van der Waals surface area (Å²) in [4.78, 5) is 20.0. The zero-order chi connectivity index (χ0) is 25.9. The van der Waals surface area contributed by atoms with E-state index in [1.807, 2.05) is 6.92 Å². The molecule has 10 heteroatoms. The highest BCUT2D eigenvalue weighted by atomic mass is 32.1. The highest BCUT2D eigenvalue weighted by molar-refractivity contribution is 7.07. The summed E-state index contributed by atoms with van der Waals surface area (Å²) in [5, 5.41) is 11.1. The topological polar surface area (TPSA) is 82.9 Å². The van der Waals surface area contributed by atoms with Crippen molar-refractivity contribution in [2.45, 2.75) is 19.9 Å². The maximum atomic E-state index is 13.4. The quantitative estimate of drug-likeness (QED) is 0.333. The summed E-state index contributed by atoms with van der Waals surface area (Å²) in [6, 6.07) is 14.6. The number of nitrogens with zero attached hydrogens (tertiary/aromatic N) is 3. The van der Waals surface area contributed by atoms with E-state index < -0.39 is 0 Å². The van der Waals surface area contributed by atoms with Crippen molar-refractivity contribution in [2.24, 2.45) is 4.99 Å². The van der Waals surface area contributed by atoms with Crippen molar-refractivity contribution in [1.82, 2.24) is 20.5 Å². The third kappa shape index (κ3) is 7.88. The molecule has 0 aliphatic carbocycles. The predicted octanol–water partition coefficient (Wildman–Crippen LogP) is 3.72. The number of anilines is 1. The van der Waals surface area contributed by atoms with Gasteiger partial charge in [-0.1, -0.05) is 19.1 Å². The minimum absolute atomic E-state index is 0.164. The summed E-state index contributed by atoms with van der Waals surface area (Å²) in [5.41, 5.74) is 4.05. The molecule has 0 unspecified atom stereocenters. The summed E-state index contributed by atoms with van der Waals surface area (Å²) in [6.45, 7) is 8.77. The van der Waals surface area contributed by atoms with E-state index in [9.17, 15) is 9.18 Å². The van der Waals surface area contributed by atoms with E-state index in [2.05, 4.69) is 55.1 Å². The van der Waals surface area contributed by atoms with Crippen LogP contribution in [-0.2, 0) is 11.3 Å². The molecule has 198 valence electrons. The van der Waals surface area contributed by atoms with Crippen molar-refractivity contribution in [3.05, 3.63) is 64.5 Å². The number of halogens is 1. The second-order valence-electron chi connectivity index (χ2n) is 8.68. The number of ether oxygens (including phenoxy) is 1. The molecule has 0 radical (unpaired) electrons. The molecule has 3 aromatic rings. The number of likely N-dealkylation sites (N-methyl/N-ethyl adjacent to an activating group) is 1. The number of thiazole rings is 1. The van der Waals surface area contributed by atoms with E-state index in [0.717, 1.165) is 61.9 Å². The van der Waals surface area contributed by atoms with Gasteiger partial charge in [0, 0.05) is 50.3 Å². The SMILES string of the molecule is CCNCCNC(=O)NCCCn1c(-c2ccc(N3CCOCC3)cc2)csc1=Nc1ccc(F)cc1. The van der Waals surface area contributed by atoms with Gasteiger partial charge in [-0.15, -0.1) is 11.3 Å². The third-order valence-electron chi connectivity index (χ3n) is 6.07. The van der Waals surface area contributed by atoms with Gasteiger partial charge in [-0.05, 0) is 54.9 Å². The summed E-state index contributed by atoms with van der Waals surface area (Å²) in [7, 11) is 0. The summed E-state index contributed by atoms with van der Waals surface area (Å²) >= 11 is 1.55. The molecule has 37 heavy (non-hydrogen) atoms. The average molecular weight is 527 g/mol. The van der Waals surface area contributed by atoms with Crippen LogP contribution in [0.25, 0.3) is 11.3 Å². The van der Waals surface area contributed by atoms with Crippen molar-refractivity contribution in [3.8, 4) is 11.3 Å². The summed E-state index contributed by atoms with van der Waals surface area (Å²) in [5.74, 6) is -0.283. The molecular formula is C27H35FN6O2S. The lowest BCUT2D eigenvalue weighted by Crippen LogP contribution is -2.39. The van der Waals surface area contributed by atoms with Crippen LogP contribution in [0.15, 0.2) is 58.9 Å². The van der Waals surface area contributed by atoms with Crippen LogP contribution >= 0.6 is 11.3 Å². The highest BCUT2D eigenvalue weighted by Gasteiger charge is 2.13. The Balaban J connectivity index is 1.48. The molecule has 1 aromatic heterocycles. The smallest absolute Gasteiger partial charge is 0.314 e. The van der Waals surface area contributed by atoms with Gasteiger partial charge in [-0.2, -0.15) is 0 Å². The van der Waals surface area contributed by atoms with E-state index in [1.165, 1.54) is 17.8 Å². The Morgan fingerprint density at radius 3 is 2.49 bits per heavy atom. The summed E-state index contributed by atoms with van der Waals surface area (Å²) in [6.07, 6.45) is 0.743. The Labute approximate surface area is 221 Å². The molecule has 0 saturated carbocycles. The van der Waals surface area contributed by atoms with Gasteiger partial charge in [0.1, 0.15) is 5.82 Å². The Morgan fingerprint density at radius 1 is 1.03 bits per heavy atom. The maximum absolute atomic E-state index is 13.4. The van der Waals surface area contributed by atoms with E-state index in [-0.39, 0.29) is 11.8 Å². The lowest BCUT2D eigenvalue weighted by Gasteiger charge is -2.28. The summed E-state index contributed by atoms with van der Waals surface area (Å²) < 4.78 is 21.0. The number of nitrogens with one attached hydrogen (secondary N) is 3. The molecule has 3 N–H and O–H groups in total. The molecule has 2 aromatic carbocycles. The molecule has 2 amide bonds. The number of carbonyl (C=O) groups excluding carboxylic acids is 1. The van der Waals surface area contributed by atoms with Gasteiger partial charge < -0.3 is 30.2 Å². The molecule has 1 fully saturated rings. The molecule has 2 heterocycles. The fourth-order valence-corrected chi connectivity index (χ4v) is 5.05. The Hall–Kier alpha value is -3.21. The first-order valence-electron chi connectivity index (χ1n) is 12.8. The fourth-order valence-electron chi connectivity index (χ4n) is 4.10. The van der Waals surface area contributed by atoms with E-state index >= 15 is 0 Å². The molecule has 0 spiro atoms. The highest BCUT2D eigenvalue weighted by Crippen LogP contribution is 2.25. The van der Waals surface area contributed by atoms with Crippen LogP contribution in [0.5, 0.6) is 0 Å². The molecule has 8 nitrogen and oxygen atoms in total. The minimum atomic E-state index is -0.283. The van der Waals surface area contributed by atoms with Gasteiger partial charge >= 0.3 is 6.03 Å². The van der Waals surface area contributed by atoms with Crippen LogP contribution < -0.4 is 25.7 Å². The van der Waals surface area contributed by atoms with Crippen LogP contribution in [-0.4, -0.2) is 63.1 Å².